The lowest BCUT2D eigenvalue weighted by Gasteiger charge is -2.38. The molecule has 2 aliphatic heterocycles. The van der Waals surface area contributed by atoms with E-state index in [0.29, 0.717) is 24.3 Å². The molecule has 2 aromatic rings. The van der Waals surface area contributed by atoms with Crippen LogP contribution in [0.1, 0.15) is 23.5 Å². The third-order valence-electron chi connectivity index (χ3n) is 5.31. The summed E-state index contributed by atoms with van der Waals surface area (Å²) in [6.07, 6.45) is 0.107. The number of rotatable bonds is 2. The third kappa shape index (κ3) is 3.52. The molecule has 1 atom stereocenters. The first-order valence-electron chi connectivity index (χ1n) is 9.21. The van der Waals surface area contributed by atoms with Crippen molar-refractivity contribution in [3.05, 3.63) is 59.4 Å². The van der Waals surface area contributed by atoms with Crippen LogP contribution >= 0.6 is 0 Å². The summed E-state index contributed by atoms with van der Waals surface area (Å²) in [4.78, 5) is 29.2. The van der Waals surface area contributed by atoms with E-state index in [0.717, 1.165) is 13.1 Å². The van der Waals surface area contributed by atoms with E-state index in [9.17, 15) is 14.0 Å². The van der Waals surface area contributed by atoms with E-state index >= 15 is 0 Å². The summed E-state index contributed by atoms with van der Waals surface area (Å²) < 4.78 is 13.5. The van der Waals surface area contributed by atoms with Gasteiger partial charge in [-0.1, -0.05) is 18.2 Å². The maximum absolute atomic E-state index is 13.5. The van der Waals surface area contributed by atoms with Crippen LogP contribution in [0, 0.1) is 12.7 Å². The number of hydrogen-bond donors (Lipinski definition) is 1. The van der Waals surface area contributed by atoms with Crippen molar-refractivity contribution in [3.63, 3.8) is 0 Å². The lowest BCUT2D eigenvalue weighted by atomic mass is 9.89. The SMILES string of the molecule is Cc1cccc(N2CCN(C(=O)[C@H]3CC(=O)Nc4cc(F)ccc43)CC2)c1. The van der Waals surface area contributed by atoms with Gasteiger partial charge in [-0.25, -0.2) is 4.39 Å². The number of fused-ring (bicyclic) bond motifs is 1. The highest BCUT2D eigenvalue weighted by Crippen LogP contribution is 2.34. The second kappa shape index (κ2) is 7.02. The number of anilines is 2. The molecule has 1 fully saturated rings. The molecule has 2 aromatic carbocycles. The fourth-order valence-corrected chi connectivity index (χ4v) is 3.89. The number of piperazine rings is 1. The van der Waals surface area contributed by atoms with Crippen LogP contribution in [0.4, 0.5) is 15.8 Å². The van der Waals surface area contributed by atoms with E-state index in [1.807, 2.05) is 11.0 Å². The first kappa shape index (κ1) is 17.5. The largest absolute Gasteiger partial charge is 0.368 e. The Labute approximate surface area is 157 Å². The second-order valence-electron chi connectivity index (χ2n) is 7.19. The molecule has 6 heteroatoms. The van der Waals surface area contributed by atoms with Gasteiger partial charge in [0.2, 0.25) is 11.8 Å². The van der Waals surface area contributed by atoms with Crippen LogP contribution < -0.4 is 10.2 Å². The standard InChI is InChI=1S/C21H22FN3O2/c1-14-3-2-4-16(11-14)24-7-9-25(10-8-24)21(27)18-13-20(26)23-19-12-15(22)5-6-17(18)19/h2-6,11-12,18H,7-10,13H2,1H3,(H,23,26)/t18-/m0/s1. The highest BCUT2D eigenvalue weighted by atomic mass is 19.1. The van der Waals surface area contributed by atoms with E-state index in [2.05, 4.69) is 35.3 Å². The molecular weight excluding hydrogens is 345 g/mol. The van der Waals surface area contributed by atoms with E-state index in [1.165, 1.54) is 23.4 Å². The van der Waals surface area contributed by atoms with Gasteiger partial charge in [-0.15, -0.1) is 0 Å². The molecule has 0 spiro atoms. The molecule has 0 unspecified atom stereocenters. The minimum atomic E-state index is -0.542. The maximum Gasteiger partial charge on any atom is 0.230 e. The normalized spacial score (nSPS) is 19.5. The molecule has 27 heavy (non-hydrogen) atoms. The molecule has 2 amide bonds. The molecule has 1 N–H and O–H groups in total. The number of nitrogens with zero attached hydrogens (tertiary/aromatic N) is 2. The number of benzene rings is 2. The monoisotopic (exact) mass is 367 g/mol. The Kier molecular flexibility index (Phi) is 4.56. The summed E-state index contributed by atoms with van der Waals surface area (Å²) in [6.45, 7) is 4.80. The van der Waals surface area contributed by atoms with Crippen molar-refractivity contribution >= 4 is 23.2 Å². The van der Waals surface area contributed by atoms with Gasteiger partial charge < -0.3 is 15.1 Å². The van der Waals surface area contributed by atoms with Crippen molar-refractivity contribution < 1.29 is 14.0 Å². The Morgan fingerprint density at radius 1 is 1.11 bits per heavy atom. The average Bonchev–Trinajstić information content (AvgIpc) is 2.66. The predicted molar refractivity (Wildman–Crippen MR) is 102 cm³/mol. The van der Waals surface area contributed by atoms with Crippen LogP contribution in [-0.2, 0) is 9.59 Å². The molecule has 0 radical (unpaired) electrons. The van der Waals surface area contributed by atoms with Crippen LogP contribution in [0.5, 0.6) is 0 Å². The summed E-state index contributed by atoms with van der Waals surface area (Å²) in [7, 11) is 0. The summed E-state index contributed by atoms with van der Waals surface area (Å²) in [5, 5.41) is 2.66. The number of halogens is 1. The van der Waals surface area contributed by atoms with Gasteiger partial charge >= 0.3 is 0 Å². The van der Waals surface area contributed by atoms with Crippen LogP contribution in [0.25, 0.3) is 0 Å². The van der Waals surface area contributed by atoms with Gasteiger partial charge in [0.15, 0.2) is 0 Å². The molecule has 140 valence electrons. The zero-order valence-electron chi connectivity index (χ0n) is 15.2. The Bertz CT molecular complexity index is 891. The lowest BCUT2D eigenvalue weighted by Crippen LogP contribution is -2.50. The number of carbonyl (C=O) groups is 2. The van der Waals surface area contributed by atoms with Gasteiger partial charge in [0.1, 0.15) is 5.82 Å². The van der Waals surface area contributed by atoms with Crippen LogP contribution in [0.2, 0.25) is 0 Å². The molecule has 2 aliphatic rings. The minimum Gasteiger partial charge on any atom is -0.368 e. The summed E-state index contributed by atoms with van der Waals surface area (Å²) in [6, 6.07) is 12.6. The van der Waals surface area contributed by atoms with Crippen molar-refractivity contribution in [3.8, 4) is 0 Å². The fraction of sp³-hybridized carbons (Fsp3) is 0.333. The molecule has 4 rings (SSSR count). The highest BCUT2D eigenvalue weighted by Gasteiger charge is 2.34. The number of aryl methyl sites for hydroxylation is 1. The van der Waals surface area contributed by atoms with E-state index in [1.54, 1.807) is 6.07 Å². The molecular formula is C21H22FN3O2. The summed E-state index contributed by atoms with van der Waals surface area (Å²) in [5.41, 5.74) is 3.48. The number of hydrogen-bond acceptors (Lipinski definition) is 3. The molecule has 0 aromatic heterocycles. The van der Waals surface area contributed by atoms with Crippen LogP contribution in [0.3, 0.4) is 0 Å². The number of carbonyl (C=O) groups excluding carboxylic acids is 2. The zero-order chi connectivity index (χ0) is 19.0. The predicted octanol–water partition coefficient (Wildman–Crippen LogP) is 2.91. The quantitative estimate of drug-likeness (QED) is 0.888. The van der Waals surface area contributed by atoms with E-state index in [4.69, 9.17) is 0 Å². The Hall–Kier alpha value is -2.89. The maximum atomic E-state index is 13.5. The minimum absolute atomic E-state index is 0.0541. The first-order valence-corrected chi connectivity index (χ1v) is 9.21. The summed E-state index contributed by atoms with van der Waals surface area (Å²) >= 11 is 0. The van der Waals surface area contributed by atoms with Crippen molar-refractivity contribution in [2.75, 3.05) is 36.4 Å². The topological polar surface area (TPSA) is 52.7 Å². The Balaban J connectivity index is 1.48. The number of amides is 2. The van der Waals surface area contributed by atoms with Gasteiger partial charge in [0.25, 0.3) is 0 Å². The van der Waals surface area contributed by atoms with Crippen LogP contribution in [-0.4, -0.2) is 42.9 Å². The average molecular weight is 367 g/mol. The molecule has 1 saturated heterocycles. The number of nitrogens with one attached hydrogen (secondary N) is 1. The van der Waals surface area contributed by atoms with Gasteiger partial charge in [-0.2, -0.15) is 0 Å². The lowest BCUT2D eigenvalue weighted by molar-refractivity contribution is -0.135. The van der Waals surface area contributed by atoms with Crippen LogP contribution in [0.15, 0.2) is 42.5 Å². The molecule has 2 heterocycles. The molecule has 0 bridgehead atoms. The first-order chi connectivity index (χ1) is 13.0. The van der Waals surface area contributed by atoms with Gasteiger partial charge in [0.05, 0.1) is 5.92 Å². The van der Waals surface area contributed by atoms with Crippen molar-refractivity contribution in [1.82, 2.24) is 4.90 Å². The molecule has 0 saturated carbocycles. The van der Waals surface area contributed by atoms with Crippen molar-refractivity contribution in [1.29, 1.82) is 0 Å². The van der Waals surface area contributed by atoms with E-state index < -0.39 is 11.7 Å². The van der Waals surface area contributed by atoms with Gasteiger partial charge in [0, 0.05) is 44.0 Å². The molecule has 5 nitrogen and oxygen atoms in total. The fourth-order valence-electron chi connectivity index (χ4n) is 3.89. The van der Waals surface area contributed by atoms with Gasteiger partial charge in [-0.3, -0.25) is 9.59 Å². The summed E-state index contributed by atoms with van der Waals surface area (Å²) in [5.74, 6) is -1.26. The van der Waals surface area contributed by atoms with Crippen molar-refractivity contribution in [2.24, 2.45) is 0 Å². The highest BCUT2D eigenvalue weighted by molar-refractivity contribution is 6.01. The Morgan fingerprint density at radius 2 is 1.89 bits per heavy atom. The van der Waals surface area contributed by atoms with Crippen molar-refractivity contribution in [2.45, 2.75) is 19.3 Å². The zero-order valence-corrected chi connectivity index (χ0v) is 15.2. The van der Waals surface area contributed by atoms with Gasteiger partial charge in [-0.05, 0) is 42.3 Å². The third-order valence-corrected chi connectivity index (χ3v) is 5.31. The second-order valence-corrected chi connectivity index (χ2v) is 7.19. The molecule has 0 aliphatic carbocycles. The Morgan fingerprint density at radius 3 is 2.63 bits per heavy atom. The smallest absolute Gasteiger partial charge is 0.230 e. The van der Waals surface area contributed by atoms with E-state index in [-0.39, 0.29) is 18.2 Å².